The van der Waals surface area contributed by atoms with Crippen LogP contribution in [0.5, 0.6) is 5.88 Å². The predicted octanol–water partition coefficient (Wildman–Crippen LogP) is 5.90. The summed E-state index contributed by atoms with van der Waals surface area (Å²) in [5.74, 6) is -0.0110. The molecule has 106 valence electrons. The highest BCUT2D eigenvalue weighted by molar-refractivity contribution is 6.42. The highest BCUT2D eigenvalue weighted by atomic mass is 35.5. The van der Waals surface area contributed by atoms with E-state index in [4.69, 9.17) is 23.2 Å². The van der Waals surface area contributed by atoms with Gasteiger partial charge in [-0.25, -0.2) is 0 Å². The van der Waals surface area contributed by atoms with Crippen LogP contribution >= 0.6 is 23.2 Å². The molecule has 21 heavy (non-hydrogen) atoms. The Morgan fingerprint density at radius 3 is 2.62 bits per heavy atom. The number of hydrogen-bond acceptors (Lipinski definition) is 3. The lowest BCUT2D eigenvalue weighted by Crippen LogP contribution is -1.73. The Morgan fingerprint density at radius 2 is 1.86 bits per heavy atom. The summed E-state index contributed by atoms with van der Waals surface area (Å²) in [4.78, 5) is 2.91. The molecule has 0 fully saturated rings. The highest BCUT2D eigenvalue weighted by Gasteiger charge is 2.11. The standard InChI is InChI=1S/C15H11Cl2N3O/c1-8-3-2-4-10-13(8)18-15(21)14(10)20-19-9-5-6-11(16)12(17)7-9/h2-7,18,21H,1H3. The first-order valence-corrected chi connectivity index (χ1v) is 6.99. The molecule has 0 bridgehead atoms. The Balaban J connectivity index is 2.05. The number of aromatic nitrogens is 1. The van der Waals surface area contributed by atoms with Crippen LogP contribution in [0.1, 0.15) is 5.56 Å². The first kappa shape index (κ1) is 13.9. The van der Waals surface area contributed by atoms with Gasteiger partial charge in [0.2, 0.25) is 5.88 Å². The molecule has 0 radical (unpaired) electrons. The van der Waals surface area contributed by atoms with Gasteiger partial charge in [0, 0.05) is 5.39 Å². The maximum Gasteiger partial charge on any atom is 0.218 e. The van der Waals surface area contributed by atoms with Gasteiger partial charge in [-0.05, 0) is 30.7 Å². The Hall–Kier alpha value is -2.04. The average molecular weight is 320 g/mol. The molecule has 3 rings (SSSR count). The second-order valence-corrected chi connectivity index (χ2v) is 5.43. The highest BCUT2D eigenvalue weighted by Crippen LogP contribution is 2.37. The SMILES string of the molecule is Cc1cccc2c(N=Nc3ccc(Cl)c(Cl)c3)c(O)[nH]c12. The molecule has 0 atom stereocenters. The fraction of sp³-hybridized carbons (Fsp3) is 0.0667. The van der Waals surface area contributed by atoms with Crippen molar-refractivity contribution in [3.05, 3.63) is 52.0 Å². The largest absolute Gasteiger partial charge is 0.493 e. The number of aryl methyl sites for hydroxylation is 1. The van der Waals surface area contributed by atoms with Crippen LogP contribution in [0.25, 0.3) is 10.9 Å². The second kappa shape index (κ2) is 5.39. The van der Waals surface area contributed by atoms with Crippen molar-refractivity contribution >= 4 is 45.5 Å². The average Bonchev–Trinajstić information content (AvgIpc) is 2.78. The number of para-hydroxylation sites is 1. The Bertz CT molecular complexity index is 855. The number of halogens is 2. The number of aromatic amines is 1. The predicted molar refractivity (Wildman–Crippen MR) is 85.3 cm³/mol. The fourth-order valence-electron chi connectivity index (χ4n) is 2.09. The molecule has 6 heteroatoms. The van der Waals surface area contributed by atoms with E-state index in [1.807, 2.05) is 25.1 Å². The summed E-state index contributed by atoms with van der Waals surface area (Å²) < 4.78 is 0. The summed E-state index contributed by atoms with van der Waals surface area (Å²) in [5.41, 5.74) is 2.84. The lowest BCUT2D eigenvalue weighted by Gasteiger charge is -1.97. The van der Waals surface area contributed by atoms with E-state index in [2.05, 4.69) is 15.2 Å². The van der Waals surface area contributed by atoms with Crippen molar-refractivity contribution in [2.75, 3.05) is 0 Å². The van der Waals surface area contributed by atoms with Gasteiger partial charge in [-0.1, -0.05) is 41.4 Å². The fourth-order valence-corrected chi connectivity index (χ4v) is 2.38. The maximum absolute atomic E-state index is 9.98. The van der Waals surface area contributed by atoms with Crippen LogP contribution in [0.15, 0.2) is 46.6 Å². The summed E-state index contributed by atoms with van der Waals surface area (Å²) in [6.07, 6.45) is 0. The number of rotatable bonds is 2. The molecule has 0 saturated heterocycles. The smallest absolute Gasteiger partial charge is 0.218 e. The molecule has 2 aromatic carbocycles. The summed E-state index contributed by atoms with van der Waals surface area (Å²) in [5, 5.41) is 19.9. The molecule has 2 N–H and O–H groups in total. The van der Waals surface area contributed by atoms with Gasteiger partial charge in [0.25, 0.3) is 0 Å². The van der Waals surface area contributed by atoms with Gasteiger partial charge in [0.1, 0.15) is 0 Å². The van der Waals surface area contributed by atoms with Crippen molar-refractivity contribution in [3.8, 4) is 5.88 Å². The minimum absolute atomic E-state index is 0.0110. The Morgan fingerprint density at radius 1 is 1.05 bits per heavy atom. The molecule has 0 aliphatic carbocycles. The summed E-state index contributed by atoms with van der Waals surface area (Å²) in [7, 11) is 0. The van der Waals surface area contributed by atoms with Crippen molar-refractivity contribution in [3.63, 3.8) is 0 Å². The van der Waals surface area contributed by atoms with E-state index in [0.29, 0.717) is 21.4 Å². The monoisotopic (exact) mass is 319 g/mol. The van der Waals surface area contributed by atoms with Gasteiger partial charge in [-0.15, -0.1) is 5.11 Å². The zero-order valence-corrected chi connectivity index (χ0v) is 12.6. The van der Waals surface area contributed by atoms with Crippen LogP contribution in [0, 0.1) is 6.92 Å². The van der Waals surface area contributed by atoms with Crippen LogP contribution in [-0.4, -0.2) is 10.1 Å². The van der Waals surface area contributed by atoms with E-state index in [1.165, 1.54) is 0 Å². The number of benzene rings is 2. The zero-order valence-electron chi connectivity index (χ0n) is 11.1. The number of aromatic hydroxyl groups is 1. The molecule has 3 aromatic rings. The molecular weight excluding hydrogens is 309 g/mol. The van der Waals surface area contributed by atoms with Crippen LogP contribution in [0.2, 0.25) is 10.0 Å². The molecule has 1 heterocycles. The first-order valence-electron chi connectivity index (χ1n) is 6.23. The molecule has 0 aliphatic heterocycles. The summed E-state index contributed by atoms with van der Waals surface area (Å²) >= 11 is 11.8. The molecule has 1 aromatic heterocycles. The van der Waals surface area contributed by atoms with Crippen LogP contribution in [0.3, 0.4) is 0 Å². The van der Waals surface area contributed by atoms with Crippen LogP contribution in [-0.2, 0) is 0 Å². The van der Waals surface area contributed by atoms with Gasteiger partial charge in [-0.3, -0.25) is 0 Å². The van der Waals surface area contributed by atoms with Gasteiger partial charge < -0.3 is 10.1 Å². The third kappa shape index (κ3) is 2.60. The molecule has 0 saturated carbocycles. The third-order valence-electron chi connectivity index (χ3n) is 3.16. The Labute approximate surface area is 131 Å². The number of nitrogens with zero attached hydrogens (tertiary/aromatic N) is 2. The first-order chi connectivity index (χ1) is 10.1. The van der Waals surface area contributed by atoms with Gasteiger partial charge in [-0.2, -0.15) is 5.11 Å². The van der Waals surface area contributed by atoms with E-state index in [1.54, 1.807) is 18.2 Å². The number of fused-ring (bicyclic) bond motifs is 1. The lowest BCUT2D eigenvalue weighted by atomic mass is 10.1. The second-order valence-electron chi connectivity index (χ2n) is 4.62. The minimum atomic E-state index is -0.0110. The molecule has 4 nitrogen and oxygen atoms in total. The minimum Gasteiger partial charge on any atom is -0.493 e. The van der Waals surface area contributed by atoms with E-state index < -0.39 is 0 Å². The van der Waals surface area contributed by atoms with Crippen LogP contribution in [0.4, 0.5) is 11.4 Å². The number of H-pyrrole nitrogens is 1. The topological polar surface area (TPSA) is 60.7 Å². The zero-order chi connectivity index (χ0) is 15.0. The number of hydrogen-bond donors (Lipinski definition) is 2. The van der Waals surface area contributed by atoms with Gasteiger partial charge in [0.15, 0.2) is 5.69 Å². The molecular formula is C15H11Cl2N3O. The van der Waals surface area contributed by atoms with E-state index in [0.717, 1.165) is 16.5 Å². The van der Waals surface area contributed by atoms with E-state index >= 15 is 0 Å². The molecule has 0 aliphatic rings. The number of nitrogens with one attached hydrogen (secondary N) is 1. The van der Waals surface area contributed by atoms with Crippen molar-refractivity contribution in [1.82, 2.24) is 4.98 Å². The normalized spacial score (nSPS) is 11.6. The maximum atomic E-state index is 9.98. The summed E-state index contributed by atoms with van der Waals surface area (Å²) in [6, 6.07) is 10.7. The molecule has 0 unspecified atom stereocenters. The quantitative estimate of drug-likeness (QED) is 0.567. The van der Waals surface area contributed by atoms with Gasteiger partial charge >= 0.3 is 0 Å². The molecule has 0 amide bonds. The van der Waals surface area contributed by atoms with E-state index in [9.17, 15) is 5.11 Å². The number of azo groups is 1. The van der Waals surface area contributed by atoms with Crippen LogP contribution < -0.4 is 0 Å². The third-order valence-corrected chi connectivity index (χ3v) is 3.90. The van der Waals surface area contributed by atoms with E-state index in [-0.39, 0.29) is 5.88 Å². The van der Waals surface area contributed by atoms with Crippen molar-refractivity contribution in [1.29, 1.82) is 0 Å². The van der Waals surface area contributed by atoms with Gasteiger partial charge in [0.05, 0.1) is 21.2 Å². The summed E-state index contributed by atoms with van der Waals surface area (Å²) in [6.45, 7) is 1.96. The van der Waals surface area contributed by atoms with Crippen molar-refractivity contribution in [2.24, 2.45) is 10.2 Å². The lowest BCUT2D eigenvalue weighted by molar-refractivity contribution is 0.459. The van der Waals surface area contributed by atoms with Crippen molar-refractivity contribution < 1.29 is 5.11 Å². The Kier molecular flexibility index (Phi) is 3.57. The van der Waals surface area contributed by atoms with Crippen molar-refractivity contribution in [2.45, 2.75) is 6.92 Å². The molecule has 0 spiro atoms.